The second-order valence-electron chi connectivity index (χ2n) is 6.79. The van der Waals surface area contributed by atoms with Gasteiger partial charge in [-0.2, -0.15) is 0 Å². The molecule has 28 heavy (non-hydrogen) atoms. The van der Waals surface area contributed by atoms with Crippen molar-refractivity contribution < 1.29 is 18.8 Å². The van der Waals surface area contributed by atoms with Crippen molar-refractivity contribution in [1.82, 2.24) is 15.4 Å². The number of hydrogen-bond acceptors (Lipinski definition) is 5. The SMILES string of the molecule is COCCNC(=O)CCN(CC(C)C)C(=O)c1cc(-c2ccccc2Cl)on1. The maximum absolute atomic E-state index is 12.9. The summed E-state index contributed by atoms with van der Waals surface area (Å²) >= 11 is 6.18. The number of aromatic nitrogens is 1. The Kier molecular flexibility index (Phi) is 8.47. The van der Waals surface area contributed by atoms with Crippen LogP contribution in [0.15, 0.2) is 34.9 Å². The summed E-state index contributed by atoms with van der Waals surface area (Å²) in [6.07, 6.45) is 0.206. The molecular formula is C20H26ClN3O4. The van der Waals surface area contributed by atoms with Gasteiger partial charge in [0.1, 0.15) is 0 Å². The van der Waals surface area contributed by atoms with Gasteiger partial charge in [-0.3, -0.25) is 9.59 Å². The highest BCUT2D eigenvalue weighted by Gasteiger charge is 2.22. The quantitative estimate of drug-likeness (QED) is 0.611. The normalized spacial score (nSPS) is 10.9. The molecule has 2 amide bonds. The molecule has 2 aromatic rings. The smallest absolute Gasteiger partial charge is 0.276 e. The molecule has 0 atom stereocenters. The molecule has 0 aliphatic carbocycles. The Balaban J connectivity index is 2.06. The van der Waals surface area contributed by atoms with Gasteiger partial charge >= 0.3 is 0 Å². The predicted molar refractivity (Wildman–Crippen MR) is 107 cm³/mol. The van der Waals surface area contributed by atoms with E-state index in [0.29, 0.717) is 42.6 Å². The number of carbonyl (C=O) groups is 2. The molecule has 0 aliphatic rings. The van der Waals surface area contributed by atoms with E-state index in [9.17, 15) is 9.59 Å². The molecule has 8 heteroatoms. The fraction of sp³-hybridized carbons (Fsp3) is 0.450. The van der Waals surface area contributed by atoms with Gasteiger partial charge < -0.3 is 19.5 Å². The molecule has 0 fully saturated rings. The highest BCUT2D eigenvalue weighted by Crippen LogP contribution is 2.28. The number of rotatable bonds is 10. The van der Waals surface area contributed by atoms with Crippen molar-refractivity contribution in [2.24, 2.45) is 5.92 Å². The fourth-order valence-electron chi connectivity index (χ4n) is 2.66. The van der Waals surface area contributed by atoms with E-state index in [1.165, 1.54) is 0 Å². The van der Waals surface area contributed by atoms with E-state index in [-0.39, 0.29) is 29.8 Å². The lowest BCUT2D eigenvalue weighted by atomic mass is 10.1. The number of methoxy groups -OCH3 is 1. The average Bonchev–Trinajstić information content (AvgIpc) is 3.14. The lowest BCUT2D eigenvalue weighted by molar-refractivity contribution is -0.121. The highest BCUT2D eigenvalue weighted by molar-refractivity contribution is 6.33. The van der Waals surface area contributed by atoms with Crippen LogP contribution >= 0.6 is 11.6 Å². The zero-order valence-corrected chi connectivity index (χ0v) is 17.2. The van der Waals surface area contributed by atoms with Gasteiger partial charge in [-0.15, -0.1) is 0 Å². The number of halogens is 1. The monoisotopic (exact) mass is 407 g/mol. The highest BCUT2D eigenvalue weighted by atomic mass is 35.5. The first kappa shape index (κ1) is 21.9. The minimum absolute atomic E-state index is 0.129. The van der Waals surface area contributed by atoms with Gasteiger partial charge in [0.05, 0.1) is 11.6 Å². The Morgan fingerprint density at radius 3 is 2.75 bits per heavy atom. The molecule has 1 N–H and O–H groups in total. The summed E-state index contributed by atoms with van der Waals surface area (Å²) in [5.74, 6) is 0.266. The molecule has 2 rings (SSSR count). The first-order valence-electron chi connectivity index (χ1n) is 9.19. The number of nitrogens with zero attached hydrogens (tertiary/aromatic N) is 2. The summed E-state index contributed by atoms with van der Waals surface area (Å²) in [6, 6.07) is 8.77. The molecule has 1 aromatic carbocycles. The minimum atomic E-state index is -0.277. The first-order chi connectivity index (χ1) is 13.4. The maximum Gasteiger partial charge on any atom is 0.276 e. The van der Waals surface area contributed by atoms with E-state index >= 15 is 0 Å². The van der Waals surface area contributed by atoms with E-state index in [1.54, 1.807) is 30.2 Å². The van der Waals surface area contributed by atoms with Gasteiger partial charge in [0.25, 0.3) is 5.91 Å². The number of ether oxygens (including phenoxy) is 1. The molecule has 1 aromatic heterocycles. The molecule has 7 nitrogen and oxygen atoms in total. The largest absolute Gasteiger partial charge is 0.383 e. The Bertz CT molecular complexity index is 791. The van der Waals surface area contributed by atoms with Crippen molar-refractivity contribution in [2.75, 3.05) is 33.4 Å². The van der Waals surface area contributed by atoms with Crippen LogP contribution in [0.2, 0.25) is 5.02 Å². The van der Waals surface area contributed by atoms with Crippen LogP contribution in [0.25, 0.3) is 11.3 Å². The van der Waals surface area contributed by atoms with Crippen LogP contribution in [0, 0.1) is 5.92 Å². The minimum Gasteiger partial charge on any atom is -0.383 e. The molecule has 0 aliphatic heterocycles. The summed E-state index contributed by atoms with van der Waals surface area (Å²) < 4.78 is 10.2. The molecule has 152 valence electrons. The van der Waals surface area contributed by atoms with Crippen LogP contribution < -0.4 is 5.32 Å². The van der Waals surface area contributed by atoms with E-state index in [2.05, 4.69) is 10.5 Å². The van der Waals surface area contributed by atoms with E-state index in [1.807, 2.05) is 26.0 Å². The van der Waals surface area contributed by atoms with Gasteiger partial charge in [0.15, 0.2) is 11.5 Å². The second kappa shape index (κ2) is 10.8. The third-order valence-electron chi connectivity index (χ3n) is 3.98. The Morgan fingerprint density at radius 2 is 2.07 bits per heavy atom. The van der Waals surface area contributed by atoms with Crippen molar-refractivity contribution >= 4 is 23.4 Å². The summed E-state index contributed by atoms with van der Waals surface area (Å²) in [5.41, 5.74) is 0.860. The lowest BCUT2D eigenvalue weighted by Crippen LogP contribution is -2.38. The Hall–Kier alpha value is -2.38. The summed E-state index contributed by atoms with van der Waals surface area (Å²) in [4.78, 5) is 26.5. The van der Waals surface area contributed by atoms with Crippen LogP contribution in [-0.4, -0.2) is 55.2 Å². The molecule has 1 heterocycles. The molecule has 0 bridgehead atoms. The van der Waals surface area contributed by atoms with Crippen LogP contribution in [0.4, 0.5) is 0 Å². The number of hydrogen-bond donors (Lipinski definition) is 1. The van der Waals surface area contributed by atoms with Crippen LogP contribution in [0.3, 0.4) is 0 Å². The van der Waals surface area contributed by atoms with Crippen molar-refractivity contribution in [3.63, 3.8) is 0 Å². The summed E-state index contributed by atoms with van der Waals surface area (Å²) in [7, 11) is 1.57. The number of benzene rings is 1. The Labute approximate surface area is 170 Å². The van der Waals surface area contributed by atoms with Crippen LogP contribution in [0.1, 0.15) is 30.8 Å². The topological polar surface area (TPSA) is 84.7 Å². The Morgan fingerprint density at radius 1 is 1.32 bits per heavy atom. The zero-order chi connectivity index (χ0) is 20.5. The molecule has 0 radical (unpaired) electrons. The van der Waals surface area contributed by atoms with E-state index in [4.69, 9.17) is 20.9 Å². The maximum atomic E-state index is 12.9. The van der Waals surface area contributed by atoms with Gasteiger partial charge in [0.2, 0.25) is 5.91 Å². The predicted octanol–water partition coefficient (Wildman–Crippen LogP) is 3.25. The molecule has 0 unspecified atom stereocenters. The average molecular weight is 408 g/mol. The third-order valence-corrected chi connectivity index (χ3v) is 4.31. The molecular weight excluding hydrogens is 382 g/mol. The lowest BCUT2D eigenvalue weighted by Gasteiger charge is -2.23. The fourth-order valence-corrected chi connectivity index (χ4v) is 2.89. The molecule has 0 spiro atoms. The molecule has 0 saturated heterocycles. The van der Waals surface area contributed by atoms with Gasteiger partial charge in [0, 0.05) is 44.8 Å². The third kappa shape index (κ3) is 6.35. The van der Waals surface area contributed by atoms with Crippen LogP contribution in [-0.2, 0) is 9.53 Å². The van der Waals surface area contributed by atoms with Gasteiger partial charge in [-0.05, 0) is 18.1 Å². The summed E-state index contributed by atoms with van der Waals surface area (Å²) in [5, 5.41) is 7.18. The second-order valence-corrected chi connectivity index (χ2v) is 7.20. The van der Waals surface area contributed by atoms with Gasteiger partial charge in [-0.25, -0.2) is 0 Å². The number of carbonyl (C=O) groups excluding carboxylic acids is 2. The van der Waals surface area contributed by atoms with Crippen molar-refractivity contribution in [3.05, 3.63) is 41.0 Å². The molecule has 0 saturated carbocycles. The van der Waals surface area contributed by atoms with Crippen molar-refractivity contribution in [1.29, 1.82) is 0 Å². The van der Waals surface area contributed by atoms with E-state index < -0.39 is 0 Å². The number of nitrogens with one attached hydrogen (secondary N) is 1. The van der Waals surface area contributed by atoms with E-state index in [0.717, 1.165) is 0 Å². The van der Waals surface area contributed by atoms with Crippen molar-refractivity contribution in [3.8, 4) is 11.3 Å². The number of amides is 2. The van der Waals surface area contributed by atoms with Gasteiger partial charge in [-0.1, -0.05) is 42.7 Å². The van der Waals surface area contributed by atoms with Crippen LogP contribution in [0.5, 0.6) is 0 Å². The summed E-state index contributed by atoms with van der Waals surface area (Å²) in [6.45, 7) is 5.72. The standard InChI is InChI=1S/C20H26ClN3O4/c1-14(2)13-24(10-8-19(25)22-9-11-27-3)20(26)17-12-18(28-23-17)15-6-4-5-7-16(15)21/h4-7,12,14H,8-11,13H2,1-3H3,(H,22,25). The zero-order valence-electron chi connectivity index (χ0n) is 16.4. The first-order valence-corrected chi connectivity index (χ1v) is 9.56. The van der Waals surface area contributed by atoms with Crippen molar-refractivity contribution in [2.45, 2.75) is 20.3 Å².